The number of amides is 3. The van der Waals surface area contributed by atoms with E-state index in [-0.39, 0.29) is 30.7 Å². The molecule has 1 atom stereocenters. The Labute approximate surface area is 235 Å². The SMILES string of the molecule is CC(C)(N)CC(=O)N[C@@H]1CCc2ccccc2N(Cc2ccc(-c3ccccc3C(=O)NCCCO)cc2)C1=O. The third-order valence-electron chi connectivity index (χ3n) is 6.90. The number of para-hydroxylation sites is 1. The van der Waals surface area contributed by atoms with Crippen LogP contribution >= 0.6 is 0 Å². The van der Waals surface area contributed by atoms with Gasteiger partial charge in [0.05, 0.1) is 6.54 Å². The number of fused-ring (bicyclic) bond motifs is 1. The number of carbonyl (C=O) groups excluding carboxylic acids is 3. The lowest BCUT2D eigenvalue weighted by Gasteiger charge is -2.27. The Hall–Kier alpha value is -4.01. The van der Waals surface area contributed by atoms with Crippen LogP contribution in [0, 0.1) is 0 Å². The lowest BCUT2D eigenvalue weighted by atomic mass is 9.98. The summed E-state index contributed by atoms with van der Waals surface area (Å²) in [5.41, 5.74) is 10.4. The van der Waals surface area contributed by atoms with E-state index >= 15 is 0 Å². The molecule has 40 heavy (non-hydrogen) atoms. The summed E-state index contributed by atoms with van der Waals surface area (Å²) in [5.74, 6) is -0.576. The van der Waals surface area contributed by atoms with E-state index in [2.05, 4.69) is 10.6 Å². The average Bonchev–Trinajstić information content (AvgIpc) is 3.05. The summed E-state index contributed by atoms with van der Waals surface area (Å²) in [5, 5.41) is 14.8. The number of aliphatic hydroxyl groups excluding tert-OH is 1. The number of anilines is 1. The number of aliphatic hydroxyl groups is 1. The van der Waals surface area contributed by atoms with Crippen LogP contribution in [0.2, 0.25) is 0 Å². The van der Waals surface area contributed by atoms with E-state index < -0.39 is 11.6 Å². The third kappa shape index (κ3) is 7.34. The summed E-state index contributed by atoms with van der Waals surface area (Å²) in [6, 6.07) is 22.4. The predicted molar refractivity (Wildman–Crippen MR) is 157 cm³/mol. The quantitative estimate of drug-likeness (QED) is 0.292. The van der Waals surface area contributed by atoms with Gasteiger partial charge >= 0.3 is 0 Å². The van der Waals surface area contributed by atoms with Crippen molar-refractivity contribution in [2.24, 2.45) is 5.73 Å². The van der Waals surface area contributed by atoms with Crippen molar-refractivity contribution in [3.63, 3.8) is 0 Å². The van der Waals surface area contributed by atoms with Crippen molar-refractivity contribution >= 4 is 23.4 Å². The smallest absolute Gasteiger partial charge is 0.251 e. The van der Waals surface area contributed by atoms with Crippen molar-refractivity contribution in [3.8, 4) is 11.1 Å². The summed E-state index contributed by atoms with van der Waals surface area (Å²) >= 11 is 0. The zero-order valence-corrected chi connectivity index (χ0v) is 23.2. The Bertz CT molecular complexity index is 1350. The van der Waals surface area contributed by atoms with Gasteiger partial charge in [-0.3, -0.25) is 14.4 Å². The number of nitrogens with one attached hydrogen (secondary N) is 2. The van der Waals surface area contributed by atoms with Crippen LogP contribution in [-0.4, -0.2) is 47.6 Å². The first-order chi connectivity index (χ1) is 19.2. The molecule has 0 fully saturated rings. The molecule has 1 aliphatic heterocycles. The maximum absolute atomic E-state index is 13.7. The van der Waals surface area contributed by atoms with E-state index in [0.717, 1.165) is 27.9 Å². The number of benzene rings is 3. The maximum atomic E-state index is 13.7. The molecule has 3 amide bonds. The van der Waals surface area contributed by atoms with Gasteiger partial charge in [0.1, 0.15) is 6.04 Å². The van der Waals surface area contributed by atoms with Crippen molar-refractivity contribution in [1.29, 1.82) is 0 Å². The minimum Gasteiger partial charge on any atom is -0.396 e. The highest BCUT2D eigenvalue weighted by atomic mass is 16.3. The Morgan fingerprint density at radius 2 is 1.73 bits per heavy atom. The first-order valence-corrected chi connectivity index (χ1v) is 13.7. The van der Waals surface area contributed by atoms with Gasteiger partial charge in [-0.25, -0.2) is 0 Å². The monoisotopic (exact) mass is 542 g/mol. The molecule has 1 heterocycles. The lowest BCUT2D eigenvalue weighted by molar-refractivity contribution is -0.128. The van der Waals surface area contributed by atoms with Crippen LogP contribution in [-0.2, 0) is 22.6 Å². The standard InChI is InChI=1S/C32H38N4O4/c1-32(2,33)20-29(38)35-27-17-16-24-8-3-6-11-28(24)36(31(27)40)21-22-12-14-23(15-13-22)25-9-4-5-10-26(25)30(39)34-18-7-19-37/h3-6,8-15,27,37H,7,16-21,33H2,1-2H3,(H,34,39)(H,35,38)/t27-/m1/s1. The van der Waals surface area contributed by atoms with Gasteiger partial charge in [0.2, 0.25) is 11.8 Å². The Morgan fingerprint density at radius 3 is 2.45 bits per heavy atom. The molecule has 0 aliphatic carbocycles. The molecule has 0 unspecified atom stereocenters. The summed E-state index contributed by atoms with van der Waals surface area (Å²) < 4.78 is 0. The molecule has 1 aliphatic rings. The molecule has 0 radical (unpaired) electrons. The highest BCUT2D eigenvalue weighted by Gasteiger charge is 2.32. The van der Waals surface area contributed by atoms with Crippen molar-refractivity contribution in [2.45, 2.75) is 57.7 Å². The second-order valence-electron chi connectivity index (χ2n) is 11.0. The summed E-state index contributed by atoms with van der Waals surface area (Å²) in [4.78, 5) is 40.9. The molecular weight excluding hydrogens is 504 g/mol. The largest absolute Gasteiger partial charge is 0.396 e. The van der Waals surface area contributed by atoms with E-state index in [4.69, 9.17) is 10.8 Å². The minimum absolute atomic E-state index is 0.0202. The Balaban J connectivity index is 1.56. The van der Waals surface area contributed by atoms with Crippen molar-refractivity contribution in [2.75, 3.05) is 18.1 Å². The minimum atomic E-state index is -0.666. The van der Waals surface area contributed by atoms with Gasteiger partial charge in [-0.2, -0.15) is 0 Å². The number of carbonyl (C=O) groups is 3. The molecule has 0 saturated heterocycles. The Morgan fingerprint density at radius 1 is 1.02 bits per heavy atom. The van der Waals surface area contributed by atoms with Crippen LogP contribution in [0.5, 0.6) is 0 Å². The van der Waals surface area contributed by atoms with Crippen LogP contribution in [0.25, 0.3) is 11.1 Å². The zero-order valence-electron chi connectivity index (χ0n) is 23.2. The summed E-state index contributed by atoms with van der Waals surface area (Å²) in [6.07, 6.45) is 1.81. The molecule has 0 bridgehead atoms. The first kappa shape index (κ1) is 29.0. The number of aryl methyl sites for hydroxylation is 1. The molecule has 0 spiro atoms. The fraction of sp³-hybridized carbons (Fsp3) is 0.344. The van der Waals surface area contributed by atoms with Gasteiger partial charge in [0.25, 0.3) is 5.91 Å². The summed E-state index contributed by atoms with van der Waals surface area (Å²) in [7, 11) is 0. The van der Waals surface area contributed by atoms with Gasteiger partial charge < -0.3 is 26.4 Å². The van der Waals surface area contributed by atoms with E-state index in [1.807, 2.05) is 66.7 Å². The zero-order chi connectivity index (χ0) is 28.7. The van der Waals surface area contributed by atoms with Gasteiger partial charge in [-0.05, 0) is 67.5 Å². The average molecular weight is 543 g/mol. The van der Waals surface area contributed by atoms with Crippen LogP contribution in [0.1, 0.15) is 54.6 Å². The van der Waals surface area contributed by atoms with E-state index in [1.165, 1.54) is 0 Å². The molecule has 3 aromatic carbocycles. The number of hydrogen-bond donors (Lipinski definition) is 4. The van der Waals surface area contributed by atoms with Crippen molar-refractivity contribution in [3.05, 3.63) is 89.5 Å². The lowest BCUT2D eigenvalue weighted by Crippen LogP contribution is -2.49. The fourth-order valence-electron chi connectivity index (χ4n) is 4.95. The first-order valence-electron chi connectivity index (χ1n) is 13.7. The maximum Gasteiger partial charge on any atom is 0.251 e. The molecule has 0 saturated carbocycles. The van der Waals surface area contributed by atoms with Crippen molar-refractivity contribution in [1.82, 2.24) is 10.6 Å². The third-order valence-corrected chi connectivity index (χ3v) is 6.90. The molecule has 4 rings (SSSR count). The summed E-state index contributed by atoms with van der Waals surface area (Å²) in [6.45, 7) is 4.34. The number of nitrogens with two attached hydrogens (primary N) is 1. The van der Waals surface area contributed by atoms with Crippen LogP contribution in [0.3, 0.4) is 0 Å². The van der Waals surface area contributed by atoms with Gasteiger partial charge in [-0.15, -0.1) is 0 Å². The van der Waals surface area contributed by atoms with Crippen LogP contribution in [0.15, 0.2) is 72.8 Å². The molecule has 0 aromatic heterocycles. The molecular formula is C32H38N4O4. The van der Waals surface area contributed by atoms with E-state index in [0.29, 0.717) is 37.9 Å². The highest BCUT2D eigenvalue weighted by molar-refractivity contribution is 6.01. The number of nitrogens with zero attached hydrogens (tertiary/aromatic N) is 1. The molecule has 8 heteroatoms. The van der Waals surface area contributed by atoms with Gasteiger partial charge in [0.15, 0.2) is 0 Å². The fourth-order valence-corrected chi connectivity index (χ4v) is 4.95. The predicted octanol–water partition coefficient (Wildman–Crippen LogP) is 3.56. The molecule has 210 valence electrons. The topological polar surface area (TPSA) is 125 Å². The molecule has 3 aromatic rings. The second-order valence-corrected chi connectivity index (χ2v) is 11.0. The van der Waals surface area contributed by atoms with Gasteiger partial charge in [0, 0.05) is 36.4 Å². The molecule has 8 nitrogen and oxygen atoms in total. The van der Waals surface area contributed by atoms with E-state index in [9.17, 15) is 14.4 Å². The van der Waals surface area contributed by atoms with Crippen molar-refractivity contribution < 1.29 is 19.5 Å². The highest BCUT2D eigenvalue weighted by Crippen LogP contribution is 2.30. The van der Waals surface area contributed by atoms with E-state index in [1.54, 1.807) is 24.8 Å². The van der Waals surface area contributed by atoms with Gasteiger partial charge in [-0.1, -0.05) is 60.7 Å². The van der Waals surface area contributed by atoms with Crippen LogP contribution < -0.4 is 21.3 Å². The Kier molecular flexibility index (Phi) is 9.34. The number of rotatable bonds is 10. The van der Waals surface area contributed by atoms with Crippen LogP contribution in [0.4, 0.5) is 5.69 Å². The normalized spacial score (nSPS) is 15.2. The molecule has 5 N–H and O–H groups in total. The second kappa shape index (κ2) is 12.9. The number of hydrogen-bond acceptors (Lipinski definition) is 5.